The average molecular weight is 1360 g/mol. The zero-order valence-electron chi connectivity index (χ0n) is 56.5. The Hall–Kier alpha value is -6.80. The van der Waals surface area contributed by atoms with Gasteiger partial charge in [-0.1, -0.05) is 55.4 Å². The lowest BCUT2D eigenvalue weighted by atomic mass is 9.95. The van der Waals surface area contributed by atoms with Crippen molar-refractivity contribution in [3.05, 3.63) is 0 Å². The molecule has 0 saturated carbocycles. The first-order chi connectivity index (χ1) is 44.3. The van der Waals surface area contributed by atoms with E-state index in [1.165, 1.54) is 39.5 Å². The summed E-state index contributed by atoms with van der Waals surface area (Å²) in [5.41, 5.74) is 6.40. The van der Waals surface area contributed by atoms with Gasteiger partial charge in [0.1, 0.15) is 109 Å². The minimum Gasteiger partial charge on any atom is -0.480 e. The largest absolute Gasteiger partial charge is 0.480 e. The van der Waals surface area contributed by atoms with E-state index in [2.05, 4.69) is 53.2 Å². The number of hydrogen-bond donors (Lipinski definition) is 18. The lowest BCUT2D eigenvalue weighted by Crippen LogP contribution is -2.68. The van der Waals surface area contributed by atoms with Crippen LogP contribution >= 0.6 is 0 Å². The maximum Gasteiger partial charge on any atom is 0.326 e. The number of aliphatic hydroxyl groups is 6. The summed E-state index contributed by atoms with van der Waals surface area (Å²) >= 11 is 0. The minimum absolute atomic E-state index is 0.0518. The van der Waals surface area contributed by atoms with Crippen LogP contribution in [0.25, 0.3) is 0 Å². The normalized spacial score (nSPS) is 26.0. The number of unbranched alkanes of at least 4 members (excludes halogenated alkanes) is 1. The van der Waals surface area contributed by atoms with Gasteiger partial charge in [0, 0.05) is 26.9 Å². The molecule has 3 aliphatic rings. The number of rotatable bonds is 35. The molecular formula is C60H104N12O23. The van der Waals surface area contributed by atoms with Gasteiger partial charge in [-0.2, -0.15) is 0 Å². The molecule has 3 heterocycles. The van der Waals surface area contributed by atoms with Crippen LogP contribution in [0.15, 0.2) is 0 Å². The van der Waals surface area contributed by atoms with Crippen molar-refractivity contribution < 1.29 is 112 Å². The summed E-state index contributed by atoms with van der Waals surface area (Å²) in [6, 6.07) is -14.4. The molecule has 35 heteroatoms. The van der Waals surface area contributed by atoms with Gasteiger partial charge in [0.25, 0.3) is 0 Å². The van der Waals surface area contributed by atoms with Crippen LogP contribution in [-0.2, 0) is 76.5 Å². The van der Waals surface area contributed by atoms with Gasteiger partial charge in [-0.15, -0.1) is 0 Å². The van der Waals surface area contributed by atoms with Crippen molar-refractivity contribution >= 4 is 70.9 Å². The first-order valence-corrected chi connectivity index (χ1v) is 32.1. The molecule has 0 radical (unpaired) electrons. The van der Waals surface area contributed by atoms with Crippen LogP contribution in [0.5, 0.6) is 0 Å². The second kappa shape index (κ2) is 38.2. The van der Waals surface area contributed by atoms with Gasteiger partial charge in [0.15, 0.2) is 12.6 Å². The van der Waals surface area contributed by atoms with E-state index < -0.39 is 230 Å². The molecule has 0 aliphatic carbocycles. The van der Waals surface area contributed by atoms with Gasteiger partial charge in [-0.25, -0.2) is 4.79 Å². The molecule has 0 aromatic heterocycles. The summed E-state index contributed by atoms with van der Waals surface area (Å²) < 4.78 is 23.1. The summed E-state index contributed by atoms with van der Waals surface area (Å²) in [5.74, 6) is -11.7. The number of likely N-dealkylation sites (tertiary alicyclic amines) is 1. The number of hydrogen-bond acceptors (Lipinski definition) is 23. The predicted molar refractivity (Wildman–Crippen MR) is 333 cm³/mol. The highest BCUT2D eigenvalue weighted by Crippen LogP contribution is 2.31. The lowest BCUT2D eigenvalue weighted by Gasteiger charge is -2.48. The fraction of sp³-hybridized carbons (Fsp3) is 0.800. The van der Waals surface area contributed by atoms with E-state index in [-0.39, 0.29) is 25.3 Å². The van der Waals surface area contributed by atoms with E-state index in [0.717, 1.165) is 6.92 Å². The van der Waals surface area contributed by atoms with Crippen LogP contribution in [0.2, 0.25) is 0 Å². The fourth-order valence-corrected chi connectivity index (χ4v) is 10.6. The molecule has 3 saturated heterocycles. The van der Waals surface area contributed by atoms with Gasteiger partial charge in [0.2, 0.25) is 65.0 Å². The van der Waals surface area contributed by atoms with Gasteiger partial charge in [-0.05, 0) is 83.5 Å². The first kappa shape index (κ1) is 82.4. The van der Waals surface area contributed by atoms with E-state index in [1.807, 2.05) is 0 Å². The summed E-state index contributed by atoms with van der Waals surface area (Å²) in [6.45, 7) is 19.5. The molecule has 542 valence electrons. The summed E-state index contributed by atoms with van der Waals surface area (Å²) in [6.07, 6.45) is -15.3. The van der Waals surface area contributed by atoms with Gasteiger partial charge in [-0.3, -0.25) is 52.7 Å². The van der Waals surface area contributed by atoms with Crippen molar-refractivity contribution in [3.8, 4) is 0 Å². The van der Waals surface area contributed by atoms with E-state index in [9.17, 15) is 93.3 Å². The Bertz CT molecular complexity index is 2640. The van der Waals surface area contributed by atoms with Gasteiger partial charge in [0.05, 0.1) is 19.3 Å². The highest BCUT2D eigenvalue weighted by atomic mass is 16.7. The van der Waals surface area contributed by atoms with Crippen molar-refractivity contribution in [3.63, 3.8) is 0 Å². The molecule has 3 fully saturated rings. The zero-order chi connectivity index (χ0) is 72.2. The molecule has 3 aliphatic heterocycles. The number of ether oxygens (including phenoxy) is 4. The van der Waals surface area contributed by atoms with Crippen molar-refractivity contribution in [2.24, 2.45) is 29.4 Å². The molecule has 0 spiro atoms. The molecule has 11 amide bonds. The second-order valence-corrected chi connectivity index (χ2v) is 25.8. The number of carboxylic acid groups (broad SMARTS) is 1. The average Bonchev–Trinajstić information content (AvgIpc) is 1.17. The first-order valence-electron chi connectivity index (χ1n) is 32.1. The third-order valence-electron chi connectivity index (χ3n) is 16.5. The minimum atomic E-state index is -1.94. The zero-order valence-corrected chi connectivity index (χ0v) is 56.5. The number of aliphatic hydroxyl groups excluding tert-OH is 6. The predicted octanol–water partition coefficient (Wildman–Crippen LogP) is -6.57. The van der Waals surface area contributed by atoms with Crippen LogP contribution < -0.4 is 58.9 Å². The van der Waals surface area contributed by atoms with Crippen LogP contribution in [0.1, 0.15) is 129 Å². The Kier molecular flexibility index (Phi) is 33.2. The third-order valence-corrected chi connectivity index (χ3v) is 16.5. The van der Waals surface area contributed by atoms with Crippen molar-refractivity contribution in [2.45, 2.75) is 257 Å². The number of carbonyl (C=O) groups is 12. The van der Waals surface area contributed by atoms with E-state index >= 15 is 0 Å². The van der Waals surface area contributed by atoms with Crippen molar-refractivity contribution in [2.75, 3.05) is 26.3 Å². The van der Waals surface area contributed by atoms with E-state index in [1.54, 1.807) is 55.4 Å². The van der Waals surface area contributed by atoms with Crippen LogP contribution in [-0.4, -0.2) is 266 Å². The summed E-state index contributed by atoms with van der Waals surface area (Å²) in [5, 5.41) is 97.7. The van der Waals surface area contributed by atoms with Crippen LogP contribution in [0.4, 0.5) is 0 Å². The highest BCUT2D eigenvalue weighted by Gasteiger charge is 2.53. The van der Waals surface area contributed by atoms with Gasteiger partial charge < -0.3 is 118 Å². The number of aliphatic carboxylic acids is 1. The van der Waals surface area contributed by atoms with Crippen molar-refractivity contribution in [1.29, 1.82) is 0 Å². The molecule has 0 aromatic rings. The lowest BCUT2D eigenvalue weighted by molar-refractivity contribution is -0.347. The standard InChI is InChI=1S/C60H104N12O23/c1-24(2)39(54(86)65-29(10)50(82)67-34(58(90)91)18-15-16-20-62-32(13)75)69-56(88)41(26(5)6)70-55(87)40(25(3)4)68-51(83)30(11)63-49(81)28(9)64-52(84)35-19-17-21-72(35)57(89)42(27(7)8)71-53(85)38(61)31(12)92-59-43(66-33(14)76)48(45(78)37(23-74)93-59)95-60-47(80)46(79)44(77)36(22-73)94-60/h24-31,34-48,59-60,73-74,77-80H,15-23,61H2,1-14H3,(H,62,75)(H,63,81)(H,64,84)(H,65,86)(H,66,76)(H,67,82)(H,68,83)(H,69,88)(H,70,87)(H,71,85)(H,90,91)/t28?,29-,30-,31?,34?,35-,36?,37?,38-,39?,40?,41-,42?,43?,44-,45-,46?,47-,48+,59-,60-/m0/s1. The maximum absolute atomic E-state index is 14.3. The van der Waals surface area contributed by atoms with Crippen molar-refractivity contribution in [1.82, 2.24) is 58.1 Å². The topological polar surface area (TPSA) is 533 Å². The van der Waals surface area contributed by atoms with Crippen LogP contribution in [0.3, 0.4) is 0 Å². The number of carboxylic acids is 1. The molecule has 95 heavy (non-hydrogen) atoms. The van der Waals surface area contributed by atoms with E-state index in [0.29, 0.717) is 25.8 Å². The number of nitrogens with one attached hydrogen (secondary N) is 10. The van der Waals surface area contributed by atoms with Crippen LogP contribution in [0, 0.1) is 23.7 Å². The number of amides is 11. The Labute approximate surface area is 552 Å². The summed E-state index contributed by atoms with van der Waals surface area (Å²) in [7, 11) is 0. The molecule has 21 atom stereocenters. The molecular weight excluding hydrogens is 1260 g/mol. The molecule has 35 nitrogen and oxygen atoms in total. The quantitative estimate of drug-likeness (QED) is 0.0262. The Morgan fingerprint density at radius 2 is 0.989 bits per heavy atom. The van der Waals surface area contributed by atoms with E-state index in [4.69, 9.17) is 24.7 Å². The molecule has 0 aromatic carbocycles. The smallest absolute Gasteiger partial charge is 0.326 e. The number of nitrogens with two attached hydrogens (primary N) is 1. The Morgan fingerprint density at radius 1 is 0.537 bits per heavy atom. The third kappa shape index (κ3) is 23.8. The molecule has 19 N–H and O–H groups in total. The molecule has 3 rings (SSSR count). The fourth-order valence-electron chi connectivity index (χ4n) is 10.6. The van der Waals surface area contributed by atoms with Gasteiger partial charge >= 0.3 is 5.97 Å². The molecule has 0 bridgehead atoms. The second-order valence-electron chi connectivity index (χ2n) is 25.8. The maximum atomic E-state index is 14.3. The number of carbonyl (C=O) groups excluding carboxylic acids is 11. The highest BCUT2D eigenvalue weighted by molar-refractivity contribution is 5.98. The number of nitrogens with zero attached hydrogens (tertiary/aromatic N) is 1. The SMILES string of the molecule is CC(=O)NCCCCC(NC(=O)[C@H](C)NC(=O)C(NC(=O)[C@@H](NC(=O)C(NC(=O)[C@H](C)NC(=O)C(C)NC(=O)[C@@H]1CCCN1C(=O)C(NC(=O)[C@@H](N)C(C)O[C@H]1OC(CO)[C@H](O)[C@H](O[C@@H]2OC(CO)[C@H](O)C(O)[C@@H]2O)C1NC(C)=O)C(C)C)C(C)C)C(C)C)C(C)C)C(=O)O. The Morgan fingerprint density at radius 3 is 1.48 bits per heavy atom. The Balaban J connectivity index is 1.64. The summed E-state index contributed by atoms with van der Waals surface area (Å²) in [4.78, 5) is 160. The monoisotopic (exact) mass is 1360 g/mol. The molecule has 10 unspecified atom stereocenters.